The van der Waals surface area contributed by atoms with Crippen LogP contribution in [0.25, 0.3) is 5.69 Å². The van der Waals surface area contributed by atoms with Gasteiger partial charge in [-0.15, -0.1) is 0 Å². The summed E-state index contributed by atoms with van der Waals surface area (Å²) in [6.07, 6.45) is 2.20. The van der Waals surface area contributed by atoms with Crippen molar-refractivity contribution < 1.29 is 14.3 Å². The Morgan fingerprint density at radius 3 is 2.72 bits per heavy atom. The molecule has 0 atom stereocenters. The van der Waals surface area contributed by atoms with Crippen molar-refractivity contribution in [3.05, 3.63) is 81.9 Å². The highest BCUT2D eigenvalue weighted by molar-refractivity contribution is 6.30. The molecule has 29 heavy (non-hydrogen) atoms. The maximum absolute atomic E-state index is 14.3. The van der Waals surface area contributed by atoms with Crippen molar-refractivity contribution in [1.82, 2.24) is 9.78 Å². The molecule has 4 nitrogen and oxygen atoms in total. The number of carbonyl (C=O) groups is 1. The Bertz CT molecular complexity index is 1070. The van der Waals surface area contributed by atoms with Gasteiger partial charge in [0.05, 0.1) is 17.0 Å². The van der Waals surface area contributed by atoms with Crippen molar-refractivity contribution in [2.24, 2.45) is 0 Å². The average Bonchev–Trinajstić information content (AvgIpc) is 3.30. The topological polar surface area (TPSA) is 55.1 Å². The average molecular weight is 413 g/mol. The number of hydrogen-bond donors (Lipinski definition) is 1. The molecule has 0 saturated heterocycles. The van der Waals surface area contributed by atoms with Crippen molar-refractivity contribution in [3.8, 4) is 5.69 Å². The van der Waals surface area contributed by atoms with Crippen LogP contribution in [-0.4, -0.2) is 20.7 Å². The normalized spacial score (nSPS) is 14.8. The second-order valence-corrected chi connectivity index (χ2v) is 8.17. The van der Waals surface area contributed by atoms with Gasteiger partial charge in [-0.05, 0) is 62.1 Å². The Labute approximate surface area is 173 Å². The molecule has 0 radical (unpaired) electrons. The number of nitrogens with zero attached hydrogens (tertiary/aromatic N) is 2. The predicted molar refractivity (Wildman–Crippen MR) is 110 cm³/mol. The molecular weight excluding hydrogens is 391 g/mol. The maximum atomic E-state index is 14.3. The van der Waals surface area contributed by atoms with Crippen LogP contribution in [0.2, 0.25) is 5.02 Å². The van der Waals surface area contributed by atoms with E-state index in [1.54, 1.807) is 22.9 Å². The lowest BCUT2D eigenvalue weighted by molar-refractivity contribution is -0.118. The lowest BCUT2D eigenvalue weighted by Crippen LogP contribution is -2.10. The summed E-state index contributed by atoms with van der Waals surface area (Å²) in [7, 11) is 0. The number of hydrogen-bond acceptors (Lipinski definition) is 3. The quantitative estimate of drug-likeness (QED) is 0.612. The Kier molecular flexibility index (Phi) is 5.28. The number of carbonyl (C=O) groups excluding carboxylic acids is 1. The van der Waals surface area contributed by atoms with Crippen LogP contribution in [0.15, 0.2) is 48.5 Å². The molecule has 1 aliphatic rings. The summed E-state index contributed by atoms with van der Waals surface area (Å²) in [6.45, 7) is 1.91. The molecule has 1 N–H and O–H groups in total. The van der Waals surface area contributed by atoms with Gasteiger partial charge >= 0.3 is 0 Å². The fraction of sp³-hybridized carbons (Fsp3) is 0.304. The van der Waals surface area contributed by atoms with Gasteiger partial charge in [-0.1, -0.05) is 29.8 Å². The van der Waals surface area contributed by atoms with E-state index in [4.69, 9.17) is 11.6 Å². The van der Waals surface area contributed by atoms with Crippen molar-refractivity contribution >= 4 is 17.4 Å². The molecule has 1 heterocycles. The van der Waals surface area contributed by atoms with Gasteiger partial charge in [0.15, 0.2) is 0 Å². The van der Waals surface area contributed by atoms with Crippen LogP contribution in [0.5, 0.6) is 0 Å². The van der Waals surface area contributed by atoms with E-state index < -0.39 is 11.4 Å². The van der Waals surface area contributed by atoms with Gasteiger partial charge in [0, 0.05) is 29.1 Å². The Hall–Kier alpha value is -2.50. The molecule has 1 aliphatic carbocycles. The third kappa shape index (κ3) is 4.41. The first-order valence-corrected chi connectivity index (χ1v) is 10.1. The summed E-state index contributed by atoms with van der Waals surface area (Å²) in [5.74, 6) is -0.413. The molecule has 4 rings (SSSR count). The fourth-order valence-electron chi connectivity index (χ4n) is 3.58. The van der Waals surface area contributed by atoms with Crippen LogP contribution < -0.4 is 0 Å². The summed E-state index contributed by atoms with van der Waals surface area (Å²) in [4.78, 5) is 12.5. The summed E-state index contributed by atoms with van der Waals surface area (Å²) < 4.78 is 16.1. The third-order valence-electron chi connectivity index (χ3n) is 5.28. The molecule has 0 unspecified atom stereocenters. The van der Waals surface area contributed by atoms with E-state index in [0.29, 0.717) is 41.8 Å². The maximum Gasteiger partial charge on any atom is 0.137 e. The second kappa shape index (κ2) is 7.73. The predicted octanol–water partition coefficient (Wildman–Crippen LogP) is 4.70. The number of ketones is 1. The van der Waals surface area contributed by atoms with Crippen molar-refractivity contribution in [1.29, 1.82) is 0 Å². The van der Waals surface area contributed by atoms with Crippen LogP contribution >= 0.6 is 11.6 Å². The molecule has 0 amide bonds. The molecule has 0 spiro atoms. The molecule has 6 heteroatoms. The standard InChI is InChI=1S/C23H22ClFN2O2/c1-15-11-19(27(26-15)18-4-2-3-17(24)14-18)6-7-20(28)12-16-5-8-21(22(25)13-16)23(29)9-10-23/h2-5,8,11,13-14,29H,6-7,9-10,12H2,1H3. The van der Waals surface area contributed by atoms with Gasteiger partial charge in [0.1, 0.15) is 11.6 Å². The monoisotopic (exact) mass is 412 g/mol. The van der Waals surface area contributed by atoms with E-state index in [2.05, 4.69) is 5.10 Å². The zero-order chi connectivity index (χ0) is 20.6. The summed E-state index contributed by atoms with van der Waals surface area (Å²) >= 11 is 6.09. The largest absolute Gasteiger partial charge is 0.385 e. The number of aryl methyl sites for hydroxylation is 2. The van der Waals surface area contributed by atoms with E-state index in [1.807, 2.05) is 31.2 Å². The number of halogens is 2. The number of benzene rings is 2. The SMILES string of the molecule is Cc1cc(CCC(=O)Cc2ccc(C3(O)CC3)c(F)c2)n(-c2cccc(Cl)c2)n1. The zero-order valence-electron chi connectivity index (χ0n) is 16.2. The molecule has 0 aliphatic heterocycles. The van der Waals surface area contributed by atoms with E-state index in [0.717, 1.165) is 17.1 Å². The molecule has 1 saturated carbocycles. The lowest BCUT2D eigenvalue weighted by atomic mass is 10.00. The van der Waals surface area contributed by atoms with Gasteiger partial charge in [-0.25, -0.2) is 9.07 Å². The first-order valence-electron chi connectivity index (χ1n) is 9.68. The second-order valence-electron chi connectivity index (χ2n) is 7.73. The first kappa shape index (κ1) is 19.8. The van der Waals surface area contributed by atoms with E-state index in [-0.39, 0.29) is 12.2 Å². The molecule has 1 aromatic heterocycles. The molecule has 0 bridgehead atoms. The first-order chi connectivity index (χ1) is 13.8. The third-order valence-corrected chi connectivity index (χ3v) is 5.51. The molecule has 2 aromatic carbocycles. The Morgan fingerprint density at radius 2 is 2.03 bits per heavy atom. The summed E-state index contributed by atoms with van der Waals surface area (Å²) in [6, 6.07) is 14.1. The van der Waals surface area contributed by atoms with Gasteiger partial charge < -0.3 is 5.11 Å². The van der Waals surface area contributed by atoms with Crippen molar-refractivity contribution in [3.63, 3.8) is 0 Å². The minimum atomic E-state index is -1.01. The fourth-order valence-corrected chi connectivity index (χ4v) is 3.76. The zero-order valence-corrected chi connectivity index (χ0v) is 16.9. The molecular formula is C23H22ClFN2O2. The van der Waals surface area contributed by atoms with Crippen LogP contribution in [0, 0.1) is 12.7 Å². The van der Waals surface area contributed by atoms with Gasteiger partial charge in [0.25, 0.3) is 0 Å². The highest BCUT2D eigenvalue weighted by Crippen LogP contribution is 2.46. The minimum Gasteiger partial charge on any atom is -0.385 e. The Balaban J connectivity index is 1.42. The van der Waals surface area contributed by atoms with E-state index in [9.17, 15) is 14.3 Å². The Morgan fingerprint density at radius 1 is 1.24 bits per heavy atom. The van der Waals surface area contributed by atoms with Crippen molar-refractivity contribution in [2.45, 2.75) is 44.6 Å². The minimum absolute atomic E-state index is 0.0266. The summed E-state index contributed by atoms with van der Waals surface area (Å²) in [5, 5.41) is 15.2. The number of Topliss-reactive ketones (excluding diaryl/α,β-unsaturated/α-hetero) is 1. The van der Waals surface area contributed by atoms with Gasteiger partial charge in [-0.2, -0.15) is 5.10 Å². The smallest absolute Gasteiger partial charge is 0.137 e. The highest BCUT2D eigenvalue weighted by Gasteiger charge is 2.44. The molecule has 1 fully saturated rings. The molecule has 3 aromatic rings. The van der Waals surface area contributed by atoms with Crippen LogP contribution in [0.3, 0.4) is 0 Å². The van der Waals surface area contributed by atoms with Crippen LogP contribution in [0.1, 0.15) is 41.8 Å². The van der Waals surface area contributed by atoms with Crippen molar-refractivity contribution in [2.75, 3.05) is 0 Å². The van der Waals surface area contributed by atoms with E-state index >= 15 is 0 Å². The number of aliphatic hydroxyl groups is 1. The highest BCUT2D eigenvalue weighted by atomic mass is 35.5. The van der Waals surface area contributed by atoms with Crippen LogP contribution in [0.4, 0.5) is 4.39 Å². The van der Waals surface area contributed by atoms with Gasteiger partial charge in [-0.3, -0.25) is 4.79 Å². The van der Waals surface area contributed by atoms with Gasteiger partial charge in [0.2, 0.25) is 0 Å². The molecule has 150 valence electrons. The number of rotatable bonds is 7. The van der Waals surface area contributed by atoms with Crippen LogP contribution in [-0.2, 0) is 23.2 Å². The summed E-state index contributed by atoms with van der Waals surface area (Å²) in [5.41, 5.74) is 2.58. The van der Waals surface area contributed by atoms with E-state index in [1.165, 1.54) is 6.07 Å². The number of aromatic nitrogens is 2. The lowest BCUT2D eigenvalue weighted by Gasteiger charge is -2.11.